The van der Waals surface area contributed by atoms with Gasteiger partial charge in [-0.3, -0.25) is 4.79 Å². The molecular formula is C15H17NO4. The molecule has 2 aliphatic rings. The molecule has 3 rings (SSSR count). The monoisotopic (exact) mass is 275 g/mol. The van der Waals surface area contributed by atoms with Crippen LogP contribution < -0.4 is 0 Å². The lowest BCUT2D eigenvalue weighted by Crippen LogP contribution is -2.39. The minimum absolute atomic E-state index is 0.0257. The summed E-state index contributed by atoms with van der Waals surface area (Å²) in [6.45, 7) is 1.68. The average Bonchev–Trinajstić information content (AvgIpc) is 2.90. The molecule has 106 valence electrons. The number of rotatable bonds is 2. The summed E-state index contributed by atoms with van der Waals surface area (Å²) in [5, 5.41) is 8.99. The van der Waals surface area contributed by atoms with Gasteiger partial charge in [0.25, 0.3) is 5.91 Å². The molecule has 0 aliphatic carbocycles. The predicted octanol–water partition coefficient (Wildman–Crippen LogP) is 1.80. The number of ether oxygens (including phenoxy) is 1. The molecule has 0 bridgehead atoms. The van der Waals surface area contributed by atoms with E-state index in [2.05, 4.69) is 0 Å². The number of carbonyl (C=O) groups is 2. The van der Waals surface area contributed by atoms with Crippen molar-refractivity contribution in [3.05, 3.63) is 34.9 Å². The van der Waals surface area contributed by atoms with E-state index in [0.717, 1.165) is 30.4 Å². The molecule has 0 spiro atoms. The highest BCUT2D eigenvalue weighted by Crippen LogP contribution is 2.26. The lowest BCUT2D eigenvalue weighted by Gasteiger charge is -2.26. The van der Waals surface area contributed by atoms with E-state index in [1.54, 1.807) is 23.1 Å². The summed E-state index contributed by atoms with van der Waals surface area (Å²) in [6.07, 6.45) is 2.51. The van der Waals surface area contributed by atoms with Crippen molar-refractivity contribution < 1.29 is 19.4 Å². The molecule has 1 atom stereocenters. The Morgan fingerprint density at radius 2 is 2.00 bits per heavy atom. The van der Waals surface area contributed by atoms with Gasteiger partial charge in [-0.2, -0.15) is 0 Å². The minimum Gasteiger partial charge on any atom is -0.478 e. The van der Waals surface area contributed by atoms with Crippen LogP contribution in [-0.2, 0) is 22.6 Å². The Labute approximate surface area is 117 Å². The summed E-state index contributed by atoms with van der Waals surface area (Å²) in [7, 11) is 0. The van der Waals surface area contributed by atoms with Gasteiger partial charge in [0.2, 0.25) is 0 Å². The molecule has 1 fully saturated rings. The molecule has 1 saturated heterocycles. The zero-order valence-electron chi connectivity index (χ0n) is 11.2. The fourth-order valence-electron chi connectivity index (χ4n) is 2.82. The van der Waals surface area contributed by atoms with Crippen LogP contribution in [0.1, 0.15) is 40.7 Å². The van der Waals surface area contributed by atoms with E-state index < -0.39 is 5.97 Å². The molecule has 1 unspecified atom stereocenters. The van der Waals surface area contributed by atoms with Crippen molar-refractivity contribution in [2.75, 3.05) is 6.61 Å². The number of aromatic carboxylic acids is 1. The van der Waals surface area contributed by atoms with Gasteiger partial charge in [-0.15, -0.1) is 0 Å². The third-order valence-corrected chi connectivity index (χ3v) is 3.94. The molecule has 1 aromatic carbocycles. The van der Waals surface area contributed by atoms with Gasteiger partial charge in [0, 0.05) is 19.7 Å². The van der Waals surface area contributed by atoms with Gasteiger partial charge >= 0.3 is 5.97 Å². The first-order valence-corrected chi connectivity index (χ1v) is 6.90. The van der Waals surface area contributed by atoms with E-state index in [1.807, 2.05) is 0 Å². The molecule has 2 aliphatic heterocycles. The maximum Gasteiger partial charge on any atom is 0.335 e. The molecule has 0 radical (unpaired) electrons. The van der Waals surface area contributed by atoms with Crippen molar-refractivity contribution in [2.24, 2.45) is 0 Å². The molecule has 1 N–H and O–H groups in total. The predicted molar refractivity (Wildman–Crippen MR) is 71.2 cm³/mol. The average molecular weight is 275 g/mol. The molecule has 0 aromatic heterocycles. The molecule has 1 aromatic rings. The van der Waals surface area contributed by atoms with Gasteiger partial charge in [-0.25, -0.2) is 4.79 Å². The molecular weight excluding hydrogens is 258 g/mol. The number of carboxylic acid groups (broad SMARTS) is 1. The van der Waals surface area contributed by atoms with Crippen LogP contribution in [0.5, 0.6) is 0 Å². The Morgan fingerprint density at radius 3 is 2.70 bits per heavy atom. The van der Waals surface area contributed by atoms with Gasteiger partial charge in [0.1, 0.15) is 6.10 Å². The number of benzene rings is 1. The molecule has 1 amide bonds. The van der Waals surface area contributed by atoms with Crippen LogP contribution in [-0.4, -0.2) is 34.6 Å². The largest absolute Gasteiger partial charge is 0.478 e. The van der Waals surface area contributed by atoms with Crippen molar-refractivity contribution in [2.45, 2.75) is 38.5 Å². The smallest absolute Gasteiger partial charge is 0.335 e. The van der Waals surface area contributed by atoms with Crippen LogP contribution in [0.3, 0.4) is 0 Å². The Morgan fingerprint density at radius 1 is 1.20 bits per heavy atom. The second-order valence-electron chi connectivity index (χ2n) is 5.34. The van der Waals surface area contributed by atoms with Crippen LogP contribution in [0.2, 0.25) is 0 Å². The maximum atomic E-state index is 12.4. The second-order valence-corrected chi connectivity index (χ2v) is 5.34. The van der Waals surface area contributed by atoms with Gasteiger partial charge in [-0.1, -0.05) is 6.07 Å². The third-order valence-electron chi connectivity index (χ3n) is 3.94. The van der Waals surface area contributed by atoms with Crippen molar-refractivity contribution >= 4 is 11.9 Å². The first-order chi connectivity index (χ1) is 9.65. The Kier molecular flexibility index (Phi) is 3.44. The van der Waals surface area contributed by atoms with E-state index in [-0.39, 0.29) is 17.6 Å². The fraction of sp³-hybridized carbons (Fsp3) is 0.467. The molecule has 0 saturated carbocycles. The van der Waals surface area contributed by atoms with Crippen LogP contribution in [0, 0.1) is 0 Å². The van der Waals surface area contributed by atoms with Gasteiger partial charge in [-0.05, 0) is 42.5 Å². The number of fused-ring (bicyclic) bond motifs is 1. The SMILES string of the molecule is O=C(O)c1ccc2c(c1)CN(C(=O)C1CCCCO1)C2. The Hall–Kier alpha value is -1.88. The highest BCUT2D eigenvalue weighted by molar-refractivity contribution is 5.88. The summed E-state index contributed by atoms with van der Waals surface area (Å²) >= 11 is 0. The van der Waals surface area contributed by atoms with Gasteiger partial charge in [0.15, 0.2) is 0 Å². The molecule has 5 heteroatoms. The van der Waals surface area contributed by atoms with E-state index in [9.17, 15) is 9.59 Å². The topological polar surface area (TPSA) is 66.8 Å². The van der Waals surface area contributed by atoms with Crippen LogP contribution in [0.25, 0.3) is 0 Å². The molecule has 2 heterocycles. The maximum absolute atomic E-state index is 12.4. The zero-order valence-corrected chi connectivity index (χ0v) is 11.2. The minimum atomic E-state index is -0.937. The van der Waals surface area contributed by atoms with E-state index >= 15 is 0 Å². The summed E-state index contributed by atoms with van der Waals surface area (Å²) in [6, 6.07) is 5.05. The Bertz CT molecular complexity index is 549. The Balaban J connectivity index is 1.73. The quantitative estimate of drug-likeness (QED) is 0.893. The third kappa shape index (κ3) is 2.41. The first-order valence-electron chi connectivity index (χ1n) is 6.90. The highest BCUT2D eigenvalue weighted by atomic mass is 16.5. The molecule has 5 nitrogen and oxygen atoms in total. The standard InChI is InChI=1S/C15H17NO4/c17-14(13-3-1-2-6-20-13)16-8-11-5-4-10(15(18)19)7-12(11)9-16/h4-5,7,13H,1-3,6,8-9H2,(H,18,19). The summed E-state index contributed by atoms with van der Waals surface area (Å²) in [4.78, 5) is 25.1. The number of amides is 1. The second kappa shape index (κ2) is 5.25. The molecule has 20 heavy (non-hydrogen) atoms. The first kappa shape index (κ1) is 13.1. The summed E-state index contributed by atoms with van der Waals surface area (Å²) in [5.74, 6) is -0.911. The fourth-order valence-corrected chi connectivity index (χ4v) is 2.82. The van der Waals surface area contributed by atoms with Crippen LogP contribution in [0.15, 0.2) is 18.2 Å². The van der Waals surface area contributed by atoms with Crippen LogP contribution in [0.4, 0.5) is 0 Å². The van der Waals surface area contributed by atoms with Crippen molar-refractivity contribution in [3.63, 3.8) is 0 Å². The van der Waals surface area contributed by atoms with Crippen molar-refractivity contribution in [1.82, 2.24) is 4.90 Å². The van der Waals surface area contributed by atoms with Gasteiger partial charge < -0.3 is 14.7 Å². The van der Waals surface area contributed by atoms with Gasteiger partial charge in [0.05, 0.1) is 5.56 Å². The van der Waals surface area contributed by atoms with E-state index in [4.69, 9.17) is 9.84 Å². The van der Waals surface area contributed by atoms with E-state index in [0.29, 0.717) is 19.7 Å². The lowest BCUT2D eigenvalue weighted by molar-refractivity contribution is -0.147. The van der Waals surface area contributed by atoms with Crippen molar-refractivity contribution in [3.8, 4) is 0 Å². The van der Waals surface area contributed by atoms with E-state index in [1.165, 1.54) is 0 Å². The zero-order chi connectivity index (χ0) is 14.1. The number of hydrogen-bond donors (Lipinski definition) is 1. The highest BCUT2D eigenvalue weighted by Gasteiger charge is 2.31. The summed E-state index contributed by atoms with van der Waals surface area (Å²) < 4.78 is 5.53. The van der Waals surface area contributed by atoms with Crippen LogP contribution >= 0.6 is 0 Å². The summed E-state index contributed by atoms with van der Waals surface area (Å²) in [5.41, 5.74) is 2.22. The lowest BCUT2D eigenvalue weighted by atomic mass is 10.1. The normalized spacial score (nSPS) is 21.6. The number of nitrogens with zero attached hydrogens (tertiary/aromatic N) is 1. The van der Waals surface area contributed by atoms with Crippen molar-refractivity contribution in [1.29, 1.82) is 0 Å². The number of carbonyl (C=O) groups excluding carboxylic acids is 1. The number of carboxylic acids is 1. The number of hydrogen-bond acceptors (Lipinski definition) is 3.